The van der Waals surface area contributed by atoms with Gasteiger partial charge in [0.05, 0.1) is 91.2 Å². The Balaban J connectivity index is 0.000000124. The summed E-state index contributed by atoms with van der Waals surface area (Å²) in [4.78, 5) is 86.6. The molecular weight excluding hydrogens is 1760 g/mol. The third-order valence-corrected chi connectivity index (χ3v) is 29.9. The number of nitrogens with two attached hydrogens (primary N) is 3. The van der Waals surface area contributed by atoms with Gasteiger partial charge in [-0.2, -0.15) is 8.42 Å². The molecule has 19 rings (SSSR count). The van der Waals surface area contributed by atoms with Crippen molar-refractivity contribution in [1.29, 1.82) is 0 Å². The lowest BCUT2D eigenvalue weighted by molar-refractivity contribution is -0.129. The second kappa shape index (κ2) is 36.8. The van der Waals surface area contributed by atoms with Crippen LogP contribution in [0, 0.1) is 0 Å². The van der Waals surface area contributed by atoms with E-state index < -0.39 is 40.1 Å². The number of aromatic nitrogens is 12. The molecule has 37 nitrogen and oxygen atoms in total. The molecule has 7 aliphatic rings. The molecule has 0 radical (unpaired) electrons. The van der Waals surface area contributed by atoms with Gasteiger partial charge in [0.2, 0.25) is 59.8 Å². The Labute approximate surface area is 738 Å². The van der Waals surface area contributed by atoms with Gasteiger partial charge in [-0.05, 0) is 161 Å². The van der Waals surface area contributed by atoms with Gasteiger partial charge < -0.3 is 60.7 Å². The number of likely N-dealkylation sites (N-methyl/N-ethyl adjacent to an activating group) is 2. The van der Waals surface area contributed by atoms with Crippen molar-refractivity contribution in [2.24, 2.45) is 19.8 Å². The molecule has 0 atom stereocenters. The van der Waals surface area contributed by atoms with Crippen LogP contribution in [0.15, 0.2) is 146 Å². The number of anilines is 11. The number of carbonyl (C=O) groups excluding carboxylic acids is 1. The van der Waals surface area contributed by atoms with Crippen LogP contribution in [0.2, 0.25) is 0 Å². The minimum absolute atomic E-state index is 0.0118. The molecule has 12 aromatic rings. The number of hydrogen-bond acceptors (Lipinski definition) is 35. The highest BCUT2D eigenvalue weighted by atomic mass is 32.2. The van der Waals surface area contributed by atoms with Crippen LogP contribution in [0.25, 0.3) is 42.3 Å². The van der Waals surface area contributed by atoms with Crippen molar-refractivity contribution in [3.8, 4) is 42.3 Å². The lowest BCUT2D eigenvalue weighted by atomic mass is 10.00. The summed E-state index contributed by atoms with van der Waals surface area (Å²) in [6, 6.07) is 25.2. The molecule has 11 heterocycles. The van der Waals surface area contributed by atoms with Crippen molar-refractivity contribution in [1.82, 2.24) is 79.4 Å². The summed E-state index contributed by atoms with van der Waals surface area (Å²) in [6.07, 6.45) is 15.2. The van der Waals surface area contributed by atoms with Crippen LogP contribution in [-0.2, 0) is 103 Å². The predicted octanol–water partition coefficient (Wildman–Crippen LogP) is 7.65. The van der Waals surface area contributed by atoms with Gasteiger partial charge in [-0.1, -0.05) is 58.3 Å². The maximum absolute atomic E-state index is 12.5. The molecule has 3 aliphatic heterocycles. The average molecular weight is 1850 g/mol. The number of amides is 1. The Hall–Kier alpha value is -11.2. The summed E-state index contributed by atoms with van der Waals surface area (Å²) in [7, 11) is -7.45. The predicted molar refractivity (Wildman–Crippen MR) is 484 cm³/mol. The first kappa shape index (κ1) is 87.3. The van der Waals surface area contributed by atoms with Crippen molar-refractivity contribution in [2.75, 3.05) is 143 Å². The number of aryl methyl sites for hydroxylation is 8. The molecule has 3 fully saturated rings. The van der Waals surface area contributed by atoms with E-state index in [9.17, 15) is 43.6 Å². The zero-order valence-electron chi connectivity index (χ0n) is 68.5. The van der Waals surface area contributed by atoms with E-state index in [0.717, 1.165) is 220 Å². The summed E-state index contributed by atoms with van der Waals surface area (Å²) >= 11 is 6.42. The molecule has 125 heavy (non-hydrogen) atoms. The second-order valence-electron chi connectivity index (χ2n) is 30.6. The van der Waals surface area contributed by atoms with Crippen molar-refractivity contribution < 1.29 is 43.6 Å². The van der Waals surface area contributed by atoms with E-state index in [2.05, 4.69) is 94.2 Å². The van der Waals surface area contributed by atoms with Gasteiger partial charge >= 0.3 is 0 Å². The monoisotopic (exact) mass is 1840 g/mol. The first-order chi connectivity index (χ1) is 59.9. The number of fused-ring (bicyclic) bond motifs is 12. The fourth-order valence-electron chi connectivity index (χ4n) is 14.6. The Kier molecular flexibility index (Phi) is 25.7. The van der Waals surface area contributed by atoms with Crippen LogP contribution in [0.5, 0.6) is 0 Å². The SMILES string of the molecule is CC(=O)N1CCN(c2nc3c(s2)-c2nc(Nc4cccc(S(N)(=O)=O)c4)ncc2CC3)CC1.CN(C)C=NS(=O)(=O)c1cccc(Nc2ncc3c(n2)-c2sc(N4CCN(C)CC4)nc2CC3)c1.CN1CCN(c2nc3c(s2)-c2nc(Nc4cccc(S(N)(=O)=O)c4)ncc2CC3)CC1.NS(=O)(=O)c1cccc(Nc2ncc3c(n2)-c2sc(CO)nc2CC3)c1. The molecule has 4 aromatic carbocycles. The van der Waals surface area contributed by atoms with Crippen molar-refractivity contribution in [2.45, 2.75) is 84.5 Å². The number of thiazole rings is 4. The number of nitrogens with zero attached hydrogens (tertiary/aromatic N) is 20. The summed E-state index contributed by atoms with van der Waals surface area (Å²) in [5.41, 5.74) is 14.1. The molecule has 3 saturated heterocycles. The Bertz CT molecular complexity index is 6590. The Morgan fingerprint density at radius 1 is 0.424 bits per heavy atom. The number of hydrogen-bond donors (Lipinski definition) is 8. The molecular formula is C80H89N27O10S8. The van der Waals surface area contributed by atoms with Crippen molar-refractivity contribution in [3.63, 3.8) is 0 Å². The van der Waals surface area contributed by atoms with Crippen molar-refractivity contribution >= 4 is 160 Å². The number of piperazine rings is 3. The fourth-order valence-corrected chi connectivity index (χ4v) is 21.8. The number of primary sulfonamides is 3. The topological polar surface area (TPSA) is 490 Å². The maximum Gasteiger partial charge on any atom is 0.283 e. The smallest absolute Gasteiger partial charge is 0.283 e. The fraction of sp³-hybridized carbons (Fsp3) is 0.325. The normalized spacial score (nSPS) is 15.6. The molecule has 0 spiro atoms. The third-order valence-electron chi connectivity index (χ3n) is 21.4. The molecule has 1 amide bonds. The zero-order chi connectivity index (χ0) is 87.6. The number of sulfonamides is 4. The number of benzene rings is 4. The van der Waals surface area contributed by atoms with Crippen LogP contribution < -0.4 is 51.4 Å². The highest BCUT2D eigenvalue weighted by Crippen LogP contribution is 2.45. The average Bonchev–Trinajstić information content (AvgIpc) is 1.67. The summed E-state index contributed by atoms with van der Waals surface area (Å²) in [5, 5.41) is 41.0. The van der Waals surface area contributed by atoms with E-state index in [1.165, 1.54) is 66.2 Å². The Morgan fingerprint density at radius 3 is 1.02 bits per heavy atom. The highest BCUT2D eigenvalue weighted by Gasteiger charge is 2.32. The van der Waals surface area contributed by atoms with Gasteiger partial charge in [-0.15, -0.1) is 15.7 Å². The quantitative estimate of drug-likeness (QED) is 0.0302. The first-order valence-corrected chi connectivity index (χ1v) is 49.2. The summed E-state index contributed by atoms with van der Waals surface area (Å²) in [6.45, 7) is 12.5. The van der Waals surface area contributed by atoms with Gasteiger partial charge in [-0.3, -0.25) is 4.79 Å². The lowest BCUT2D eigenvalue weighted by Gasteiger charge is -2.33. The number of carbonyl (C=O) groups is 1. The van der Waals surface area contributed by atoms with E-state index in [-0.39, 0.29) is 32.1 Å². The molecule has 8 aromatic heterocycles. The van der Waals surface area contributed by atoms with Crippen LogP contribution >= 0.6 is 45.3 Å². The molecule has 45 heteroatoms. The van der Waals surface area contributed by atoms with Crippen LogP contribution in [0.1, 0.15) is 57.0 Å². The molecule has 4 aliphatic carbocycles. The van der Waals surface area contributed by atoms with Gasteiger partial charge in [0, 0.05) is 147 Å². The molecule has 0 unspecified atom stereocenters. The van der Waals surface area contributed by atoms with E-state index in [0.29, 0.717) is 64.6 Å². The minimum Gasteiger partial charge on any atom is -0.389 e. The van der Waals surface area contributed by atoms with E-state index >= 15 is 0 Å². The first-order valence-electron chi connectivity index (χ1n) is 39.8. The minimum atomic E-state index is -3.80. The van der Waals surface area contributed by atoms with Gasteiger partial charge in [-0.25, -0.2) is 100 Å². The standard InChI is InChI=1S/C23H28N8O2S2.C21H23N7O3S2.C20H23N7O2S2.C16H15N5O3S2/c1-29(2)15-25-35(32,33)18-6-4-5-17(13-18)26-22-24-14-16-7-8-19-21(20(16)28-22)34-23(27-19)31-11-9-30(3)10-12-31;1-13(29)27-7-9-28(10-8-27)21-25-17-6-5-14-12-23-20(26-18(14)19(17)32-21)24-15-3-2-4-16(11-15)33(22,30)31;1-26-7-9-27(10-8-26)20-24-16-6-5-13-12-22-19(25-17(13)18(16)30-20)23-14-3-2-4-15(11-14)31(21,28)29;17-26(23,24)11-3-1-2-10(6-11)19-16-18-7-9-4-5-12-15(14(9)21-16)25-13(8-22)20-12/h4-6,13-15H,7-12H2,1-3H3,(H,24,26,28);2-4,11-12H,5-10H2,1H3,(H2,22,30,31)(H,23,24,26);2-4,11-12H,5-10H2,1H3,(H2,21,28,29)(H,22,23,25);1-3,6-7,22H,4-5,8H2,(H2,17,23,24)(H,18,19,21). The number of aliphatic hydroxyl groups excluding tert-OH is 1. The van der Waals surface area contributed by atoms with Gasteiger partial charge in [0.15, 0.2) is 15.4 Å². The van der Waals surface area contributed by atoms with Crippen molar-refractivity contribution in [3.05, 3.63) is 172 Å². The number of nitrogens with one attached hydrogen (secondary N) is 4. The molecule has 652 valence electrons. The van der Waals surface area contributed by atoms with Crippen LogP contribution in [0.4, 0.5) is 61.9 Å². The molecule has 11 N–H and O–H groups in total. The summed E-state index contributed by atoms with van der Waals surface area (Å²) in [5.74, 6) is 1.65. The number of rotatable bonds is 18. The Morgan fingerprint density at radius 2 is 0.720 bits per heavy atom. The van der Waals surface area contributed by atoms with Crippen LogP contribution in [0.3, 0.4) is 0 Å². The van der Waals surface area contributed by atoms with E-state index in [1.807, 2.05) is 23.5 Å². The number of aliphatic hydroxyl groups is 1. The van der Waals surface area contributed by atoms with E-state index in [4.69, 9.17) is 45.3 Å². The zero-order valence-corrected chi connectivity index (χ0v) is 75.1. The van der Waals surface area contributed by atoms with Gasteiger partial charge in [0.1, 0.15) is 11.3 Å². The third kappa shape index (κ3) is 20.7. The summed E-state index contributed by atoms with van der Waals surface area (Å²) < 4.78 is 98.3. The van der Waals surface area contributed by atoms with Gasteiger partial charge in [0.25, 0.3) is 10.0 Å². The molecule has 0 bridgehead atoms. The van der Waals surface area contributed by atoms with Crippen LogP contribution in [-0.4, -0.2) is 237 Å². The second-order valence-corrected chi connectivity index (χ2v) is 40.9. The van der Waals surface area contributed by atoms with E-state index in [1.54, 1.807) is 115 Å². The highest BCUT2D eigenvalue weighted by molar-refractivity contribution is 7.90. The maximum atomic E-state index is 12.5. The lowest BCUT2D eigenvalue weighted by Crippen LogP contribution is -2.48. The molecule has 0 saturated carbocycles. The largest absolute Gasteiger partial charge is 0.389 e.